The molecule has 2 rings (SSSR count). The lowest BCUT2D eigenvalue weighted by Gasteiger charge is -2.01. The van der Waals surface area contributed by atoms with Gasteiger partial charge in [-0.15, -0.1) is 0 Å². The van der Waals surface area contributed by atoms with Gasteiger partial charge in [0.1, 0.15) is 0 Å². The Morgan fingerprint density at radius 3 is 3.13 bits per heavy atom. The fourth-order valence-corrected chi connectivity index (χ4v) is 1.47. The molecular weight excluding hydrogens is 194 g/mol. The molecule has 0 aliphatic heterocycles. The minimum Gasteiger partial charge on any atom is -0.465 e. The van der Waals surface area contributed by atoms with Gasteiger partial charge in [-0.1, -0.05) is 6.07 Å². The molecular formula is C10H11N3O2. The largest absolute Gasteiger partial charge is 0.465 e. The number of benzene rings is 1. The Kier molecular flexibility index (Phi) is 2.29. The predicted octanol–water partition coefficient (Wildman–Crippen LogP) is 1.34. The molecule has 0 saturated carbocycles. The van der Waals surface area contributed by atoms with Crippen LogP contribution < -0.4 is 5.32 Å². The van der Waals surface area contributed by atoms with E-state index in [4.69, 9.17) is 5.11 Å². The van der Waals surface area contributed by atoms with Gasteiger partial charge in [-0.3, -0.25) is 0 Å². The molecule has 2 aromatic rings. The van der Waals surface area contributed by atoms with E-state index in [0.29, 0.717) is 6.54 Å². The Morgan fingerprint density at radius 1 is 1.60 bits per heavy atom. The van der Waals surface area contributed by atoms with E-state index < -0.39 is 6.09 Å². The van der Waals surface area contributed by atoms with Crippen molar-refractivity contribution in [2.75, 3.05) is 0 Å². The summed E-state index contributed by atoms with van der Waals surface area (Å²) in [5, 5.41) is 10.8. The van der Waals surface area contributed by atoms with E-state index in [1.807, 2.05) is 29.8 Å². The van der Waals surface area contributed by atoms with Crippen molar-refractivity contribution in [1.29, 1.82) is 0 Å². The Morgan fingerprint density at radius 2 is 2.40 bits per heavy atom. The number of aromatic nitrogens is 2. The van der Waals surface area contributed by atoms with Crippen molar-refractivity contribution in [3.63, 3.8) is 0 Å². The van der Waals surface area contributed by atoms with E-state index in [0.717, 1.165) is 16.6 Å². The number of fused-ring (bicyclic) bond motifs is 1. The monoisotopic (exact) mass is 205 g/mol. The molecule has 0 aliphatic carbocycles. The molecule has 1 aromatic carbocycles. The van der Waals surface area contributed by atoms with Crippen LogP contribution in [0.5, 0.6) is 0 Å². The summed E-state index contributed by atoms with van der Waals surface area (Å²) in [4.78, 5) is 14.5. The Labute approximate surface area is 86.4 Å². The number of hydrogen-bond acceptors (Lipinski definition) is 2. The number of rotatable bonds is 2. The lowest BCUT2D eigenvalue weighted by Crippen LogP contribution is -2.19. The van der Waals surface area contributed by atoms with Crippen molar-refractivity contribution < 1.29 is 9.90 Å². The van der Waals surface area contributed by atoms with Crippen LogP contribution in [0.2, 0.25) is 0 Å². The first-order valence-electron chi connectivity index (χ1n) is 4.53. The second kappa shape index (κ2) is 3.61. The Balaban J connectivity index is 2.27. The van der Waals surface area contributed by atoms with Gasteiger partial charge in [0.25, 0.3) is 0 Å². The third-order valence-electron chi connectivity index (χ3n) is 2.23. The number of imidazole rings is 1. The van der Waals surface area contributed by atoms with E-state index >= 15 is 0 Å². The van der Waals surface area contributed by atoms with Gasteiger partial charge in [-0.25, -0.2) is 9.78 Å². The van der Waals surface area contributed by atoms with Crippen LogP contribution in [0.15, 0.2) is 24.5 Å². The van der Waals surface area contributed by atoms with Crippen LogP contribution in [0.4, 0.5) is 4.79 Å². The lowest BCUT2D eigenvalue weighted by atomic mass is 10.2. The minimum atomic E-state index is -1.02. The highest BCUT2D eigenvalue weighted by Gasteiger charge is 2.01. The molecule has 0 unspecified atom stereocenters. The molecule has 0 atom stereocenters. The number of nitrogens with zero attached hydrogens (tertiary/aromatic N) is 2. The van der Waals surface area contributed by atoms with Gasteiger partial charge in [-0.2, -0.15) is 0 Å². The molecule has 0 bridgehead atoms. The van der Waals surface area contributed by atoms with Crippen LogP contribution >= 0.6 is 0 Å². The van der Waals surface area contributed by atoms with Crippen LogP contribution in [0, 0.1) is 0 Å². The number of carboxylic acid groups (broad SMARTS) is 1. The summed E-state index contributed by atoms with van der Waals surface area (Å²) in [6, 6.07) is 5.70. The van der Waals surface area contributed by atoms with Gasteiger partial charge in [0.2, 0.25) is 0 Å². The minimum absolute atomic E-state index is 0.307. The molecule has 5 nitrogen and oxygen atoms in total. The zero-order valence-electron chi connectivity index (χ0n) is 8.27. The van der Waals surface area contributed by atoms with E-state index in [-0.39, 0.29) is 0 Å². The van der Waals surface area contributed by atoms with Gasteiger partial charge < -0.3 is 15.0 Å². The Hall–Kier alpha value is -2.04. The lowest BCUT2D eigenvalue weighted by molar-refractivity contribution is 0.194. The number of carbonyl (C=O) groups is 1. The highest BCUT2D eigenvalue weighted by atomic mass is 16.4. The van der Waals surface area contributed by atoms with Gasteiger partial charge in [-0.05, 0) is 17.7 Å². The normalized spacial score (nSPS) is 10.5. The van der Waals surface area contributed by atoms with E-state index in [1.54, 1.807) is 6.33 Å². The van der Waals surface area contributed by atoms with Crippen molar-refractivity contribution in [2.24, 2.45) is 7.05 Å². The maximum Gasteiger partial charge on any atom is 0.404 e. The first kappa shape index (κ1) is 9.51. The fraction of sp³-hybridized carbons (Fsp3) is 0.200. The highest BCUT2D eigenvalue weighted by Crippen LogP contribution is 2.13. The van der Waals surface area contributed by atoms with Crippen LogP contribution in [0.25, 0.3) is 11.0 Å². The molecule has 0 radical (unpaired) electrons. The van der Waals surface area contributed by atoms with Crippen molar-refractivity contribution >= 4 is 17.1 Å². The summed E-state index contributed by atoms with van der Waals surface area (Å²) in [5.74, 6) is 0. The summed E-state index contributed by atoms with van der Waals surface area (Å²) in [5.41, 5.74) is 2.82. The second-order valence-electron chi connectivity index (χ2n) is 3.34. The highest BCUT2D eigenvalue weighted by molar-refractivity contribution is 5.76. The zero-order chi connectivity index (χ0) is 10.8. The van der Waals surface area contributed by atoms with E-state index in [9.17, 15) is 4.79 Å². The molecule has 0 fully saturated rings. The van der Waals surface area contributed by atoms with Gasteiger partial charge in [0.05, 0.1) is 17.4 Å². The first-order chi connectivity index (χ1) is 7.16. The Bertz CT molecular complexity index is 504. The van der Waals surface area contributed by atoms with Crippen LogP contribution in [-0.2, 0) is 13.6 Å². The number of aryl methyl sites for hydroxylation is 1. The molecule has 0 saturated heterocycles. The second-order valence-corrected chi connectivity index (χ2v) is 3.34. The molecule has 0 aliphatic rings. The molecule has 2 N–H and O–H groups in total. The molecule has 1 aromatic heterocycles. The summed E-state index contributed by atoms with van der Waals surface area (Å²) in [6.45, 7) is 0.307. The molecule has 5 heteroatoms. The van der Waals surface area contributed by atoms with Crippen LogP contribution in [0.3, 0.4) is 0 Å². The summed E-state index contributed by atoms with van der Waals surface area (Å²) < 4.78 is 1.92. The fourth-order valence-electron chi connectivity index (χ4n) is 1.47. The average molecular weight is 205 g/mol. The average Bonchev–Trinajstić information content (AvgIpc) is 2.57. The first-order valence-corrected chi connectivity index (χ1v) is 4.53. The van der Waals surface area contributed by atoms with E-state index in [1.165, 1.54) is 0 Å². The third-order valence-corrected chi connectivity index (χ3v) is 2.23. The SMILES string of the molecule is Cn1cnc2cc(CNC(=O)O)ccc21. The predicted molar refractivity (Wildman–Crippen MR) is 55.6 cm³/mol. The summed E-state index contributed by atoms with van der Waals surface area (Å²) >= 11 is 0. The maximum absolute atomic E-state index is 10.3. The molecule has 1 heterocycles. The zero-order valence-corrected chi connectivity index (χ0v) is 8.27. The molecule has 15 heavy (non-hydrogen) atoms. The number of amides is 1. The molecule has 0 spiro atoms. The van der Waals surface area contributed by atoms with Gasteiger partial charge >= 0.3 is 6.09 Å². The summed E-state index contributed by atoms with van der Waals surface area (Å²) in [7, 11) is 1.92. The summed E-state index contributed by atoms with van der Waals surface area (Å²) in [6.07, 6.45) is 0.718. The third kappa shape index (κ3) is 1.90. The van der Waals surface area contributed by atoms with Crippen LogP contribution in [-0.4, -0.2) is 20.8 Å². The van der Waals surface area contributed by atoms with Gasteiger partial charge in [0.15, 0.2) is 0 Å². The number of nitrogens with one attached hydrogen (secondary N) is 1. The maximum atomic E-state index is 10.3. The van der Waals surface area contributed by atoms with Crippen molar-refractivity contribution in [1.82, 2.24) is 14.9 Å². The molecule has 78 valence electrons. The topological polar surface area (TPSA) is 67.2 Å². The van der Waals surface area contributed by atoms with E-state index in [2.05, 4.69) is 10.3 Å². The standard InChI is InChI=1S/C10H11N3O2/c1-13-6-12-8-4-7(2-3-9(8)13)5-11-10(14)15/h2-4,6,11H,5H2,1H3,(H,14,15). The van der Waals surface area contributed by atoms with Crippen molar-refractivity contribution in [3.8, 4) is 0 Å². The van der Waals surface area contributed by atoms with Crippen molar-refractivity contribution in [3.05, 3.63) is 30.1 Å². The molecule has 1 amide bonds. The quantitative estimate of drug-likeness (QED) is 0.777. The number of hydrogen-bond donors (Lipinski definition) is 2. The van der Waals surface area contributed by atoms with Crippen LogP contribution in [0.1, 0.15) is 5.56 Å². The smallest absolute Gasteiger partial charge is 0.404 e. The van der Waals surface area contributed by atoms with Gasteiger partial charge in [0, 0.05) is 13.6 Å². The van der Waals surface area contributed by atoms with Crippen molar-refractivity contribution in [2.45, 2.75) is 6.54 Å².